The molecule has 0 saturated carbocycles. The molecular formula is C23H31N5O. The number of amides is 1. The summed E-state index contributed by atoms with van der Waals surface area (Å²) in [6, 6.07) is 8.31. The Morgan fingerprint density at radius 1 is 1.28 bits per heavy atom. The van der Waals surface area contributed by atoms with E-state index >= 15 is 0 Å². The van der Waals surface area contributed by atoms with E-state index in [0.29, 0.717) is 13.0 Å². The van der Waals surface area contributed by atoms with Crippen LogP contribution in [0.3, 0.4) is 0 Å². The van der Waals surface area contributed by atoms with Gasteiger partial charge in [0.2, 0.25) is 5.91 Å². The number of hydrogen-bond donors (Lipinski definition) is 2. The van der Waals surface area contributed by atoms with Crippen molar-refractivity contribution in [1.82, 2.24) is 14.8 Å². The summed E-state index contributed by atoms with van der Waals surface area (Å²) in [5.41, 5.74) is 8.50. The number of aliphatic imine (C=N–C) groups is 1. The highest BCUT2D eigenvalue weighted by Gasteiger charge is 2.44. The molecule has 6 heteroatoms. The van der Waals surface area contributed by atoms with Gasteiger partial charge in [-0.3, -0.25) is 9.79 Å². The molecule has 1 aromatic carbocycles. The second kappa shape index (κ2) is 8.31. The molecule has 2 fully saturated rings. The van der Waals surface area contributed by atoms with Crippen LogP contribution in [0.2, 0.25) is 0 Å². The first-order valence-electron chi connectivity index (χ1n) is 10.7. The van der Waals surface area contributed by atoms with Crippen LogP contribution in [0.5, 0.6) is 0 Å². The average Bonchev–Trinajstić information content (AvgIpc) is 3.15. The summed E-state index contributed by atoms with van der Waals surface area (Å²) in [6.07, 6.45) is 11.2. The molecule has 6 nitrogen and oxygen atoms in total. The number of carbonyl (C=O) groups is 1. The van der Waals surface area contributed by atoms with Gasteiger partial charge in [0.05, 0.1) is 6.20 Å². The second-order valence-electron chi connectivity index (χ2n) is 8.20. The molecule has 0 atom stereocenters. The molecule has 0 radical (unpaired) electrons. The number of carbonyl (C=O) groups excluding carboxylic acids is 1. The highest BCUT2D eigenvalue weighted by molar-refractivity contribution is 5.84. The molecule has 0 aliphatic carbocycles. The summed E-state index contributed by atoms with van der Waals surface area (Å²) in [6.45, 7) is 4.46. The summed E-state index contributed by atoms with van der Waals surface area (Å²) < 4.78 is 0. The first-order chi connectivity index (χ1) is 14.1. The minimum Gasteiger partial charge on any atom is -0.384 e. The summed E-state index contributed by atoms with van der Waals surface area (Å²) >= 11 is 0. The molecule has 1 aromatic heterocycles. The van der Waals surface area contributed by atoms with Gasteiger partial charge in [0.25, 0.3) is 0 Å². The standard InChI is InChI=1S/C23H31N5O/c1-2-12-25-16-21(24)27-13-10-23(11-14-27)9-5-8-22(29)28(23)17-18-15-26-20-7-4-3-6-19(18)20/h3-4,6-7,12,15-16,26H,2,5,8-11,13-14,17,24H2,1H3/b21-16+,25-12?. The van der Waals surface area contributed by atoms with Gasteiger partial charge in [-0.15, -0.1) is 0 Å². The maximum absolute atomic E-state index is 13.0. The number of nitrogens with zero attached hydrogens (tertiary/aromatic N) is 3. The average molecular weight is 394 g/mol. The number of piperidine rings is 2. The Hall–Kier alpha value is -2.76. The molecule has 1 amide bonds. The number of H-pyrrole nitrogens is 1. The summed E-state index contributed by atoms with van der Waals surface area (Å²) in [5, 5.41) is 1.21. The largest absolute Gasteiger partial charge is 0.384 e. The molecule has 0 unspecified atom stereocenters. The van der Waals surface area contributed by atoms with E-state index < -0.39 is 0 Å². The van der Waals surface area contributed by atoms with Crippen molar-refractivity contribution in [3.63, 3.8) is 0 Å². The Morgan fingerprint density at radius 3 is 2.86 bits per heavy atom. The van der Waals surface area contributed by atoms with Crippen LogP contribution in [0.25, 0.3) is 10.9 Å². The zero-order valence-electron chi connectivity index (χ0n) is 17.2. The monoisotopic (exact) mass is 393 g/mol. The highest BCUT2D eigenvalue weighted by Crippen LogP contribution is 2.39. The summed E-state index contributed by atoms with van der Waals surface area (Å²) in [5.74, 6) is 1.00. The Labute approximate surface area is 172 Å². The number of nitrogens with one attached hydrogen (secondary N) is 1. The molecule has 3 N–H and O–H groups in total. The van der Waals surface area contributed by atoms with Crippen LogP contribution >= 0.6 is 0 Å². The third-order valence-electron chi connectivity index (χ3n) is 6.46. The molecular weight excluding hydrogens is 362 g/mol. The van der Waals surface area contributed by atoms with E-state index in [4.69, 9.17) is 5.73 Å². The van der Waals surface area contributed by atoms with Crippen molar-refractivity contribution in [2.75, 3.05) is 13.1 Å². The number of aromatic nitrogens is 1. The quantitative estimate of drug-likeness (QED) is 0.760. The number of fused-ring (bicyclic) bond motifs is 1. The Balaban J connectivity index is 1.52. The second-order valence-corrected chi connectivity index (χ2v) is 8.20. The number of para-hydroxylation sites is 1. The zero-order chi connectivity index (χ0) is 20.3. The van der Waals surface area contributed by atoms with Crippen molar-refractivity contribution in [3.8, 4) is 0 Å². The van der Waals surface area contributed by atoms with Gasteiger partial charge in [-0.05, 0) is 43.7 Å². The van der Waals surface area contributed by atoms with Crippen LogP contribution in [0, 0.1) is 0 Å². The number of aromatic amines is 1. The predicted octanol–water partition coefficient (Wildman–Crippen LogP) is 3.75. The van der Waals surface area contributed by atoms with E-state index in [9.17, 15) is 4.79 Å². The molecule has 2 saturated heterocycles. The van der Waals surface area contributed by atoms with E-state index in [2.05, 4.69) is 51.1 Å². The highest BCUT2D eigenvalue weighted by atomic mass is 16.2. The van der Waals surface area contributed by atoms with Gasteiger partial charge in [0, 0.05) is 54.9 Å². The van der Waals surface area contributed by atoms with E-state index in [-0.39, 0.29) is 11.4 Å². The van der Waals surface area contributed by atoms with Gasteiger partial charge in [-0.1, -0.05) is 25.1 Å². The van der Waals surface area contributed by atoms with E-state index in [1.54, 1.807) is 6.20 Å². The van der Waals surface area contributed by atoms with Gasteiger partial charge in [-0.2, -0.15) is 0 Å². The normalized spacial score (nSPS) is 20.3. The van der Waals surface area contributed by atoms with Gasteiger partial charge in [0.1, 0.15) is 5.82 Å². The molecule has 2 aliphatic heterocycles. The lowest BCUT2D eigenvalue weighted by molar-refractivity contribution is -0.146. The van der Waals surface area contributed by atoms with Gasteiger partial charge >= 0.3 is 0 Å². The molecule has 0 bridgehead atoms. The zero-order valence-corrected chi connectivity index (χ0v) is 17.2. The van der Waals surface area contributed by atoms with Gasteiger partial charge in [0.15, 0.2) is 0 Å². The van der Waals surface area contributed by atoms with Crippen molar-refractivity contribution >= 4 is 23.0 Å². The van der Waals surface area contributed by atoms with Crippen LogP contribution < -0.4 is 5.73 Å². The fraction of sp³-hybridized carbons (Fsp3) is 0.478. The molecule has 3 heterocycles. The lowest BCUT2D eigenvalue weighted by Crippen LogP contribution is -2.59. The third-order valence-corrected chi connectivity index (χ3v) is 6.46. The lowest BCUT2D eigenvalue weighted by Gasteiger charge is -2.51. The van der Waals surface area contributed by atoms with Crippen LogP contribution in [-0.4, -0.2) is 45.5 Å². The van der Waals surface area contributed by atoms with Crippen molar-refractivity contribution in [1.29, 1.82) is 0 Å². The lowest BCUT2D eigenvalue weighted by atomic mass is 9.78. The molecule has 2 aromatic rings. The van der Waals surface area contributed by atoms with Crippen molar-refractivity contribution in [2.24, 2.45) is 10.7 Å². The molecule has 2 aliphatic rings. The number of rotatable bonds is 5. The maximum Gasteiger partial charge on any atom is 0.223 e. The molecule has 4 rings (SSSR count). The number of hydrogen-bond acceptors (Lipinski definition) is 4. The number of nitrogens with two attached hydrogens (primary N) is 1. The van der Waals surface area contributed by atoms with Gasteiger partial charge in [-0.25, -0.2) is 0 Å². The van der Waals surface area contributed by atoms with Crippen LogP contribution in [0.15, 0.2) is 47.5 Å². The first-order valence-corrected chi connectivity index (χ1v) is 10.7. The van der Waals surface area contributed by atoms with Crippen molar-refractivity contribution in [2.45, 2.75) is 57.5 Å². The van der Waals surface area contributed by atoms with Crippen LogP contribution in [0.1, 0.15) is 51.0 Å². The first kappa shape index (κ1) is 19.6. The smallest absolute Gasteiger partial charge is 0.223 e. The van der Waals surface area contributed by atoms with E-state index in [1.165, 1.54) is 10.9 Å². The Kier molecular flexibility index (Phi) is 5.60. The van der Waals surface area contributed by atoms with Crippen molar-refractivity contribution < 1.29 is 4.79 Å². The predicted molar refractivity (Wildman–Crippen MR) is 117 cm³/mol. The Bertz CT molecular complexity index is 920. The summed E-state index contributed by atoms with van der Waals surface area (Å²) in [7, 11) is 0. The maximum atomic E-state index is 13.0. The van der Waals surface area contributed by atoms with Gasteiger partial charge < -0.3 is 20.5 Å². The Morgan fingerprint density at radius 2 is 2.07 bits per heavy atom. The molecule has 1 spiro atoms. The fourth-order valence-corrected chi connectivity index (χ4v) is 4.81. The van der Waals surface area contributed by atoms with E-state index in [1.807, 2.05) is 12.3 Å². The fourth-order valence-electron chi connectivity index (χ4n) is 4.81. The minimum absolute atomic E-state index is 0.0584. The molecule has 154 valence electrons. The summed E-state index contributed by atoms with van der Waals surface area (Å²) in [4.78, 5) is 24.9. The minimum atomic E-state index is -0.0584. The van der Waals surface area contributed by atoms with Crippen LogP contribution in [-0.2, 0) is 11.3 Å². The third kappa shape index (κ3) is 3.88. The van der Waals surface area contributed by atoms with E-state index in [0.717, 1.165) is 56.5 Å². The van der Waals surface area contributed by atoms with Crippen LogP contribution in [0.4, 0.5) is 0 Å². The number of likely N-dealkylation sites (tertiary alicyclic amines) is 2. The SMILES string of the molecule is CCC=N/C=C(\N)N1CCC2(CCCC(=O)N2Cc2c[nH]c3ccccc23)CC1. The molecule has 29 heavy (non-hydrogen) atoms. The number of benzene rings is 1. The topological polar surface area (TPSA) is 77.7 Å². The van der Waals surface area contributed by atoms with Crippen molar-refractivity contribution in [3.05, 3.63) is 48.0 Å².